The summed E-state index contributed by atoms with van der Waals surface area (Å²) in [5.74, 6) is 0. The summed E-state index contributed by atoms with van der Waals surface area (Å²) in [5.41, 5.74) is 0. The summed E-state index contributed by atoms with van der Waals surface area (Å²) in [4.78, 5) is 5.54. The van der Waals surface area contributed by atoms with Gasteiger partial charge in [-0.15, -0.1) is 11.3 Å². The Kier molecular flexibility index (Phi) is 4.11. The van der Waals surface area contributed by atoms with Crippen LogP contribution in [0.25, 0.3) is 0 Å². The molecule has 0 aromatic carbocycles. The second-order valence-corrected chi connectivity index (χ2v) is 5.28. The number of hydrogen-bond acceptors (Lipinski definition) is 4. The quantitative estimate of drug-likeness (QED) is 0.854. The molecule has 0 saturated carbocycles. The highest BCUT2D eigenvalue weighted by molar-refractivity contribution is 7.11. The van der Waals surface area contributed by atoms with Crippen molar-refractivity contribution in [1.29, 1.82) is 0 Å². The van der Waals surface area contributed by atoms with Crippen LogP contribution in [-0.2, 0) is 11.3 Å². The van der Waals surface area contributed by atoms with Gasteiger partial charge in [0, 0.05) is 30.8 Å². The molecule has 3 nitrogen and oxygen atoms in total. The number of ether oxygens (including phenoxy) is 1. The van der Waals surface area contributed by atoms with E-state index in [-0.39, 0.29) is 0 Å². The van der Waals surface area contributed by atoms with E-state index in [4.69, 9.17) is 4.74 Å². The largest absolute Gasteiger partial charge is 0.377 e. The van der Waals surface area contributed by atoms with E-state index in [0.29, 0.717) is 6.10 Å². The molecule has 1 aromatic rings. The first-order valence-electron chi connectivity index (χ1n) is 5.58. The van der Waals surface area contributed by atoms with Gasteiger partial charge in [-0.3, -0.25) is 0 Å². The van der Waals surface area contributed by atoms with Crippen LogP contribution >= 0.6 is 11.3 Å². The number of nitrogens with one attached hydrogen (secondary N) is 1. The van der Waals surface area contributed by atoms with Crippen molar-refractivity contribution < 1.29 is 4.74 Å². The summed E-state index contributed by atoms with van der Waals surface area (Å²) in [6.07, 6.45) is 6.12. The molecule has 1 aromatic heterocycles. The van der Waals surface area contributed by atoms with Crippen molar-refractivity contribution in [2.24, 2.45) is 0 Å². The average molecular weight is 226 g/mol. The Hall–Kier alpha value is -0.450. The first-order chi connectivity index (χ1) is 7.34. The van der Waals surface area contributed by atoms with Gasteiger partial charge in [0.25, 0.3) is 0 Å². The minimum atomic E-state index is 0.424. The topological polar surface area (TPSA) is 34.2 Å². The molecule has 15 heavy (non-hydrogen) atoms. The number of nitrogens with zero attached hydrogens (tertiary/aromatic N) is 1. The predicted molar refractivity (Wildman–Crippen MR) is 62.1 cm³/mol. The van der Waals surface area contributed by atoms with Crippen molar-refractivity contribution in [2.45, 2.75) is 38.8 Å². The van der Waals surface area contributed by atoms with E-state index in [1.807, 2.05) is 13.1 Å². The Morgan fingerprint density at radius 1 is 1.60 bits per heavy atom. The SMILES string of the molecule is Cc1ncc(CNCC2CCCCO2)s1. The van der Waals surface area contributed by atoms with Gasteiger partial charge in [0.05, 0.1) is 11.1 Å². The zero-order valence-electron chi connectivity index (χ0n) is 9.16. The summed E-state index contributed by atoms with van der Waals surface area (Å²) < 4.78 is 5.65. The molecular weight excluding hydrogens is 208 g/mol. The Balaban J connectivity index is 1.65. The zero-order valence-corrected chi connectivity index (χ0v) is 9.98. The number of aromatic nitrogens is 1. The lowest BCUT2D eigenvalue weighted by Gasteiger charge is -2.22. The maximum atomic E-state index is 5.65. The molecule has 0 aliphatic carbocycles. The number of rotatable bonds is 4. The van der Waals surface area contributed by atoms with Crippen LogP contribution in [0.3, 0.4) is 0 Å². The average Bonchev–Trinajstić information content (AvgIpc) is 2.66. The summed E-state index contributed by atoms with van der Waals surface area (Å²) >= 11 is 1.76. The smallest absolute Gasteiger partial charge is 0.0897 e. The molecule has 1 aliphatic rings. The second kappa shape index (κ2) is 5.58. The molecule has 0 spiro atoms. The van der Waals surface area contributed by atoms with Crippen molar-refractivity contribution in [3.05, 3.63) is 16.1 Å². The van der Waals surface area contributed by atoms with E-state index in [1.54, 1.807) is 11.3 Å². The van der Waals surface area contributed by atoms with E-state index >= 15 is 0 Å². The van der Waals surface area contributed by atoms with E-state index in [1.165, 1.54) is 24.1 Å². The van der Waals surface area contributed by atoms with Crippen molar-refractivity contribution in [3.63, 3.8) is 0 Å². The molecule has 1 saturated heterocycles. The lowest BCUT2D eigenvalue weighted by molar-refractivity contribution is 0.0168. The molecule has 0 radical (unpaired) electrons. The molecule has 0 bridgehead atoms. The van der Waals surface area contributed by atoms with Crippen LogP contribution in [0.5, 0.6) is 0 Å². The fourth-order valence-electron chi connectivity index (χ4n) is 1.81. The van der Waals surface area contributed by atoms with Crippen LogP contribution in [-0.4, -0.2) is 24.2 Å². The predicted octanol–water partition coefficient (Wildman–Crippen LogP) is 2.11. The van der Waals surface area contributed by atoms with Gasteiger partial charge in [-0.05, 0) is 26.2 Å². The zero-order chi connectivity index (χ0) is 10.5. The van der Waals surface area contributed by atoms with Gasteiger partial charge in [0.2, 0.25) is 0 Å². The summed E-state index contributed by atoms with van der Waals surface area (Å²) in [6.45, 7) is 4.87. The van der Waals surface area contributed by atoms with Crippen molar-refractivity contribution >= 4 is 11.3 Å². The summed E-state index contributed by atoms with van der Waals surface area (Å²) in [6, 6.07) is 0. The third kappa shape index (κ3) is 3.55. The Morgan fingerprint density at radius 3 is 3.20 bits per heavy atom. The van der Waals surface area contributed by atoms with Gasteiger partial charge in [-0.1, -0.05) is 0 Å². The van der Waals surface area contributed by atoms with Crippen LogP contribution in [0.4, 0.5) is 0 Å². The molecule has 0 amide bonds. The van der Waals surface area contributed by atoms with Gasteiger partial charge in [-0.2, -0.15) is 0 Å². The molecule has 1 fully saturated rings. The maximum Gasteiger partial charge on any atom is 0.0897 e. The van der Waals surface area contributed by atoms with Crippen molar-refractivity contribution in [1.82, 2.24) is 10.3 Å². The maximum absolute atomic E-state index is 5.65. The molecule has 1 aliphatic heterocycles. The number of thiazole rings is 1. The van der Waals surface area contributed by atoms with E-state index < -0.39 is 0 Å². The molecule has 1 atom stereocenters. The molecule has 1 unspecified atom stereocenters. The second-order valence-electron chi connectivity index (χ2n) is 3.97. The highest BCUT2D eigenvalue weighted by atomic mass is 32.1. The highest BCUT2D eigenvalue weighted by Crippen LogP contribution is 2.13. The highest BCUT2D eigenvalue weighted by Gasteiger charge is 2.12. The fourth-order valence-corrected chi connectivity index (χ4v) is 2.58. The lowest BCUT2D eigenvalue weighted by atomic mass is 10.1. The van der Waals surface area contributed by atoms with Crippen LogP contribution in [0.15, 0.2) is 6.20 Å². The van der Waals surface area contributed by atoms with Gasteiger partial charge >= 0.3 is 0 Å². The van der Waals surface area contributed by atoms with E-state index in [0.717, 1.165) is 24.7 Å². The van der Waals surface area contributed by atoms with E-state index in [2.05, 4.69) is 10.3 Å². The molecule has 4 heteroatoms. The van der Waals surface area contributed by atoms with Crippen molar-refractivity contribution in [3.8, 4) is 0 Å². The first kappa shape index (κ1) is 11.0. The molecular formula is C11H18N2OS. The third-order valence-electron chi connectivity index (χ3n) is 2.61. The Morgan fingerprint density at radius 2 is 2.53 bits per heavy atom. The molecule has 84 valence electrons. The number of hydrogen-bond donors (Lipinski definition) is 1. The number of aryl methyl sites for hydroxylation is 1. The van der Waals surface area contributed by atoms with Gasteiger partial charge in [0.15, 0.2) is 0 Å². The molecule has 2 heterocycles. The lowest BCUT2D eigenvalue weighted by Crippen LogP contribution is -2.31. The van der Waals surface area contributed by atoms with Crippen molar-refractivity contribution in [2.75, 3.05) is 13.2 Å². The van der Waals surface area contributed by atoms with Crippen LogP contribution < -0.4 is 5.32 Å². The molecule has 2 rings (SSSR count). The van der Waals surface area contributed by atoms with E-state index in [9.17, 15) is 0 Å². The minimum Gasteiger partial charge on any atom is -0.377 e. The van der Waals surface area contributed by atoms with Crippen LogP contribution in [0, 0.1) is 6.92 Å². The Bertz CT molecular complexity index is 295. The first-order valence-corrected chi connectivity index (χ1v) is 6.40. The fraction of sp³-hybridized carbons (Fsp3) is 0.727. The normalized spacial score (nSPS) is 21.8. The van der Waals surface area contributed by atoms with Gasteiger partial charge in [-0.25, -0.2) is 4.98 Å². The Labute approximate surface area is 94.9 Å². The minimum absolute atomic E-state index is 0.424. The monoisotopic (exact) mass is 226 g/mol. The molecule has 1 N–H and O–H groups in total. The standard InChI is InChI=1S/C11H18N2OS/c1-9-13-8-11(15-9)7-12-6-10-4-2-3-5-14-10/h8,10,12H,2-7H2,1H3. The van der Waals surface area contributed by atoms with Gasteiger partial charge in [0.1, 0.15) is 0 Å². The third-order valence-corrected chi connectivity index (χ3v) is 3.53. The summed E-state index contributed by atoms with van der Waals surface area (Å²) in [5, 5.41) is 4.57. The van der Waals surface area contributed by atoms with Crippen LogP contribution in [0.1, 0.15) is 29.1 Å². The van der Waals surface area contributed by atoms with Gasteiger partial charge < -0.3 is 10.1 Å². The van der Waals surface area contributed by atoms with Crippen LogP contribution in [0.2, 0.25) is 0 Å². The summed E-state index contributed by atoms with van der Waals surface area (Å²) in [7, 11) is 0.